The molecule has 3 N–H and O–H groups in total. The average Bonchev–Trinajstić information content (AvgIpc) is 2.99. The summed E-state index contributed by atoms with van der Waals surface area (Å²) in [6, 6.07) is 3.61. The van der Waals surface area contributed by atoms with Crippen molar-refractivity contribution < 1.29 is 9.21 Å². The van der Waals surface area contributed by atoms with Crippen molar-refractivity contribution in [1.82, 2.24) is 10.3 Å². The Hall–Kier alpha value is -1.66. The summed E-state index contributed by atoms with van der Waals surface area (Å²) in [4.78, 5) is 16.0. The summed E-state index contributed by atoms with van der Waals surface area (Å²) in [6.07, 6.45) is 2.64. The molecule has 2 aromatic rings. The van der Waals surface area contributed by atoms with Gasteiger partial charge < -0.3 is 15.5 Å². The zero-order chi connectivity index (χ0) is 12.8. The van der Waals surface area contributed by atoms with Gasteiger partial charge in [-0.1, -0.05) is 0 Å². The molecule has 1 amide bonds. The molecule has 5 nitrogen and oxygen atoms in total. The van der Waals surface area contributed by atoms with Crippen LogP contribution in [0.1, 0.15) is 16.5 Å². The molecule has 18 heavy (non-hydrogen) atoms. The predicted octanol–water partition coefficient (Wildman–Crippen LogP) is 1.10. The van der Waals surface area contributed by atoms with Crippen LogP contribution in [0.2, 0.25) is 0 Å². The molecule has 0 atom stereocenters. The number of hydrogen-bond donors (Lipinski definition) is 2. The van der Waals surface area contributed by atoms with Crippen molar-refractivity contribution in [2.24, 2.45) is 5.73 Å². The molecule has 0 aliphatic rings. The lowest BCUT2D eigenvalue weighted by Crippen LogP contribution is -2.24. The first-order chi connectivity index (χ1) is 8.78. The van der Waals surface area contributed by atoms with Crippen LogP contribution in [-0.4, -0.2) is 17.4 Å². The molecular weight excluding hydrogens is 250 g/mol. The number of amides is 1. The molecule has 0 saturated carbocycles. The zero-order valence-corrected chi connectivity index (χ0v) is 10.7. The highest BCUT2D eigenvalue weighted by molar-refractivity contribution is 7.09. The van der Waals surface area contributed by atoms with Crippen LogP contribution < -0.4 is 11.1 Å². The summed E-state index contributed by atoms with van der Waals surface area (Å²) >= 11 is 1.54. The molecular formula is C12H15N3O2S. The largest absolute Gasteiger partial charge is 0.467 e. The highest BCUT2D eigenvalue weighted by Gasteiger charge is 2.07. The van der Waals surface area contributed by atoms with E-state index in [1.54, 1.807) is 23.7 Å². The summed E-state index contributed by atoms with van der Waals surface area (Å²) in [6.45, 7) is 0.989. The number of nitrogens with two attached hydrogens (primary N) is 1. The van der Waals surface area contributed by atoms with E-state index in [4.69, 9.17) is 10.2 Å². The maximum Gasteiger partial charge on any atom is 0.226 e. The standard InChI is InChI=1S/C12H15N3O2S/c13-4-3-12-15-9(8-18-12)6-11(16)14-7-10-2-1-5-17-10/h1-2,5,8H,3-4,6-7,13H2,(H,14,16). The summed E-state index contributed by atoms with van der Waals surface area (Å²) in [5.41, 5.74) is 6.24. The van der Waals surface area contributed by atoms with E-state index in [0.29, 0.717) is 19.5 Å². The number of hydrogen-bond acceptors (Lipinski definition) is 5. The molecule has 6 heteroatoms. The zero-order valence-electron chi connectivity index (χ0n) is 9.89. The fourth-order valence-electron chi connectivity index (χ4n) is 1.49. The van der Waals surface area contributed by atoms with Gasteiger partial charge in [0.25, 0.3) is 0 Å². The molecule has 0 aliphatic carbocycles. The van der Waals surface area contributed by atoms with E-state index in [1.165, 1.54) is 0 Å². The highest BCUT2D eigenvalue weighted by atomic mass is 32.1. The maximum atomic E-state index is 11.7. The molecule has 0 bridgehead atoms. The second kappa shape index (κ2) is 6.32. The van der Waals surface area contributed by atoms with Crippen LogP contribution in [-0.2, 0) is 24.2 Å². The molecule has 2 aromatic heterocycles. The molecule has 0 unspecified atom stereocenters. The number of carbonyl (C=O) groups is 1. The van der Waals surface area contributed by atoms with Gasteiger partial charge in [0.05, 0.1) is 29.9 Å². The second-order valence-corrected chi connectivity index (χ2v) is 4.75. The number of aromatic nitrogens is 1. The summed E-state index contributed by atoms with van der Waals surface area (Å²) in [5, 5.41) is 5.66. The van der Waals surface area contributed by atoms with Gasteiger partial charge in [-0.25, -0.2) is 4.98 Å². The fraction of sp³-hybridized carbons (Fsp3) is 0.333. The number of thiazole rings is 1. The third-order valence-electron chi connectivity index (χ3n) is 2.34. The Morgan fingerprint density at radius 1 is 1.56 bits per heavy atom. The molecule has 0 aromatic carbocycles. The first-order valence-electron chi connectivity index (χ1n) is 5.70. The lowest BCUT2D eigenvalue weighted by Gasteiger charge is -2.01. The normalized spacial score (nSPS) is 10.5. The summed E-state index contributed by atoms with van der Waals surface area (Å²) in [5.74, 6) is 0.682. The molecule has 0 saturated heterocycles. The maximum absolute atomic E-state index is 11.7. The number of furan rings is 1. The predicted molar refractivity (Wildman–Crippen MR) is 69.1 cm³/mol. The number of carbonyl (C=O) groups excluding carboxylic acids is 1. The van der Waals surface area contributed by atoms with Gasteiger partial charge in [-0.3, -0.25) is 4.79 Å². The second-order valence-electron chi connectivity index (χ2n) is 3.80. The van der Waals surface area contributed by atoms with Crippen molar-refractivity contribution >= 4 is 17.2 Å². The lowest BCUT2D eigenvalue weighted by molar-refractivity contribution is -0.120. The summed E-state index contributed by atoms with van der Waals surface area (Å²) < 4.78 is 5.13. The fourth-order valence-corrected chi connectivity index (χ4v) is 2.31. The van der Waals surface area contributed by atoms with Crippen LogP contribution in [0.3, 0.4) is 0 Å². The van der Waals surface area contributed by atoms with Gasteiger partial charge >= 0.3 is 0 Å². The van der Waals surface area contributed by atoms with E-state index in [2.05, 4.69) is 10.3 Å². The molecule has 0 fully saturated rings. The van der Waals surface area contributed by atoms with Crippen LogP contribution in [0.5, 0.6) is 0 Å². The van der Waals surface area contributed by atoms with Gasteiger partial charge in [-0.2, -0.15) is 0 Å². The Bertz CT molecular complexity index is 493. The smallest absolute Gasteiger partial charge is 0.226 e. The van der Waals surface area contributed by atoms with Gasteiger partial charge in [0.1, 0.15) is 5.76 Å². The van der Waals surface area contributed by atoms with E-state index >= 15 is 0 Å². The SMILES string of the molecule is NCCc1nc(CC(=O)NCc2ccco2)cs1. The minimum Gasteiger partial charge on any atom is -0.467 e. The quantitative estimate of drug-likeness (QED) is 0.819. The number of rotatable bonds is 6. The Balaban J connectivity index is 1.79. The monoisotopic (exact) mass is 265 g/mol. The number of nitrogens with one attached hydrogen (secondary N) is 1. The van der Waals surface area contributed by atoms with Gasteiger partial charge in [0.2, 0.25) is 5.91 Å². The van der Waals surface area contributed by atoms with E-state index in [0.717, 1.165) is 22.9 Å². The molecule has 2 rings (SSSR count). The lowest BCUT2D eigenvalue weighted by atomic mass is 10.3. The average molecular weight is 265 g/mol. The van der Waals surface area contributed by atoms with Crippen molar-refractivity contribution in [2.75, 3.05) is 6.54 Å². The van der Waals surface area contributed by atoms with Crippen LogP contribution in [0.15, 0.2) is 28.2 Å². The topological polar surface area (TPSA) is 81.1 Å². The Morgan fingerprint density at radius 2 is 2.44 bits per heavy atom. The van der Waals surface area contributed by atoms with E-state index in [9.17, 15) is 4.79 Å². The van der Waals surface area contributed by atoms with E-state index in [1.807, 2.05) is 11.4 Å². The minimum atomic E-state index is -0.0593. The Morgan fingerprint density at radius 3 is 3.17 bits per heavy atom. The third kappa shape index (κ3) is 3.68. The van der Waals surface area contributed by atoms with Crippen molar-refractivity contribution in [1.29, 1.82) is 0 Å². The van der Waals surface area contributed by atoms with Crippen LogP contribution in [0.4, 0.5) is 0 Å². The van der Waals surface area contributed by atoms with Gasteiger partial charge in [-0.05, 0) is 18.7 Å². The Kier molecular flexibility index (Phi) is 4.49. The number of nitrogens with zero attached hydrogens (tertiary/aromatic N) is 1. The molecule has 0 aliphatic heterocycles. The van der Waals surface area contributed by atoms with Crippen LogP contribution in [0.25, 0.3) is 0 Å². The molecule has 0 spiro atoms. The minimum absolute atomic E-state index is 0.0593. The van der Waals surface area contributed by atoms with Crippen molar-refractivity contribution in [3.63, 3.8) is 0 Å². The van der Waals surface area contributed by atoms with Crippen LogP contribution in [0, 0.1) is 0 Å². The molecule has 96 valence electrons. The van der Waals surface area contributed by atoms with Gasteiger partial charge in [0, 0.05) is 11.8 Å². The van der Waals surface area contributed by atoms with Crippen molar-refractivity contribution in [3.05, 3.63) is 40.2 Å². The van der Waals surface area contributed by atoms with E-state index < -0.39 is 0 Å². The van der Waals surface area contributed by atoms with Gasteiger partial charge in [0.15, 0.2) is 0 Å². The van der Waals surface area contributed by atoms with Crippen molar-refractivity contribution in [3.8, 4) is 0 Å². The first kappa shape index (κ1) is 12.8. The van der Waals surface area contributed by atoms with Crippen molar-refractivity contribution in [2.45, 2.75) is 19.4 Å². The Labute approximate surface area is 109 Å². The van der Waals surface area contributed by atoms with Crippen LogP contribution >= 0.6 is 11.3 Å². The van der Waals surface area contributed by atoms with E-state index in [-0.39, 0.29) is 5.91 Å². The van der Waals surface area contributed by atoms with Gasteiger partial charge in [-0.15, -0.1) is 11.3 Å². The highest BCUT2D eigenvalue weighted by Crippen LogP contribution is 2.10. The third-order valence-corrected chi connectivity index (χ3v) is 3.30. The summed E-state index contributed by atoms with van der Waals surface area (Å²) in [7, 11) is 0. The first-order valence-corrected chi connectivity index (χ1v) is 6.58. The molecule has 2 heterocycles. The molecule has 0 radical (unpaired) electrons.